The zero-order valence-corrected chi connectivity index (χ0v) is 12.1. The molecule has 0 radical (unpaired) electrons. The van der Waals surface area contributed by atoms with Gasteiger partial charge in [-0.25, -0.2) is 8.42 Å². The molecule has 3 rings (SSSR count). The third kappa shape index (κ3) is 2.06. The molecule has 3 atom stereocenters. The third-order valence-electron chi connectivity index (χ3n) is 4.14. The fraction of sp³-hybridized carbons (Fsp3) is 0.727. The molecule has 1 aromatic rings. The number of hydrogen-bond donors (Lipinski definition) is 2. The second kappa shape index (κ2) is 4.41. The zero-order valence-electron chi connectivity index (χ0n) is 10.5. The minimum absolute atomic E-state index is 0.0470. The first-order chi connectivity index (χ1) is 8.89. The van der Waals surface area contributed by atoms with Crippen LogP contribution in [-0.2, 0) is 10.0 Å². The summed E-state index contributed by atoms with van der Waals surface area (Å²) in [7, 11) is -3.60. The van der Waals surface area contributed by atoms with Crippen LogP contribution in [0.4, 0.5) is 0 Å². The molecule has 19 heavy (non-hydrogen) atoms. The van der Waals surface area contributed by atoms with Gasteiger partial charge >= 0.3 is 4.87 Å². The van der Waals surface area contributed by atoms with E-state index < -0.39 is 16.1 Å². The molecule has 106 valence electrons. The number of sulfonamides is 1. The summed E-state index contributed by atoms with van der Waals surface area (Å²) in [4.78, 5) is 13.4. The molecule has 1 saturated heterocycles. The summed E-state index contributed by atoms with van der Waals surface area (Å²) in [5.74, 6) is 0.298. The highest BCUT2D eigenvalue weighted by Gasteiger charge is 2.46. The normalized spacial score (nSPS) is 31.8. The number of nitrogens with zero attached hydrogens (tertiary/aromatic N) is 1. The van der Waals surface area contributed by atoms with Crippen molar-refractivity contribution in [3.63, 3.8) is 0 Å². The number of aliphatic hydroxyl groups is 1. The second-order valence-electron chi connectivity index (χ2n) is 5.32. The van der Waals surface area contributed by atoms with Crippen LogP contribution in [0.2, 0.25) is 0 Å². The van der Waals surface area contributed by atoms with Gasteiger partial charge in [-0.2, -0.15) is 4.31 Å². The molecule has 3 unspecified atom stereocenters. The Balaban J connectivity index is 1.91. The van der Waals surface area contributed by atoms with Gasteiger partial charge in [0.25, 0.3) is 10.0 Å². The summed E-state index contributed by atoms with van der Waals surface area (Å²) < 4.78 is 26.5. The minimum atomic E-state index is -3.60. The predicted octanol–water partition coefficient (Wildman–Crippen LogP) is 0.136. The van der Waals surface area contributed by atoms with Gasteiger partial charge in [-0.3, -0.25) is 4.79 Å². The van der Waals surface area contributed by atoms with Crippen LogP contribution in [-0.4, -0.2) is 42.0 Å². The molecule has 2 N–H and O–H groups in total. The van der Waals surface area contributed by atoms with Gasteiger partial charge in [0.05, 0.1) is 6.10 Å². The fourth-order valence-electron chi connectivity index (χ4n) is 3.15. The molecule has 2 aliphatic rings. The number of aromatic amines is 1. The molecule has 1 saturated carbocycles. The molecule has 8 heteroatoms. The number of aryl methyl sites for hydroxylation is 1. The smallest absolute Gasteiger partial charge is 0.305 e. The van der Waals surface area contributed by atoms with Crippen molar-refractivity contribution in [2.75, 3.05) is 13.1 Å². The van der Waals surface area contributed by atoms with Gasteiger partial charge in [-0.1, -0.05) is 11.3 Å². The molecule has 1 aliphatic heterocycles. The molecule has 6 nitrogen and oxygen atoms in total. The van der Waals surface area contributed by atoms with Crippen molar-refractivity contribution in [3.8, 4) is 0 Å². The van der Waals surface area contributed by atoms with E-state index in [-0.39, 0.29) is 20.9 Å². The monoisotopic (exact) mass is 304 g/mol. The Bertz CT molecular complexity index is 648. The molecule has 0 spiro atoms. The van der Waals surface area contributed by atoms with Gasteiger partial charge in [0.1, 0.15) is 0 Å². The number of thiazole rings is 1. The number of aromatic nitrogens is 1. The van der Waals surface area contributed by atoms with Gasteiger partial charge in [-0.15, -0.1) is 0 Å². The number of nitrogens with one attached hydrogen (secondary N) is 1. The Kier molecular flexibility index (Phi) is 3.08. The van der Waals surface area contributed by atoms with E-state index >= 15 is 0 Å². The van der Waals surface area contributed by atoms with Crippen LogP contribution in [0.5, 0.6) is 0 Å². The fourth-order valence-corrected chi connectivity index (χ4v) is 6.12. The first-order valence-corrected chi connectivity index (χ1v) is 8.53. The summed E-state index contributed by atoms with van der Waals surface area (Å²) >= 11 is 0.734. The highest BCUT2D eigenvalue weighted by atomic mass is 32.2. The molecule has 1 aromatic heterocycles. The Morgan fingerprint density at radius 2 is 2.11 bits per heavy atom. The maximum atomic E-state index is 12.5. The average molecular weight is 304 g/mol. The van der Waals surface area contributed by atoms with Gasteiger partial charge in [0.15, 0.2) is 4.21 Å². The van der Waals surface area contributed by atoms with E-state index in [4.69, 9.17) is 0 Å². The van der Waals surface area contributed by atoms with Crippen molar-refractivity contribution >= 4 is 21.4 Å². The lowest BCUT2D eigenvalue weighted by atomic mass is 10.00. The molecule has 0 amide bonds. The number of H-pyrrole nitrogens is 1. The summed E-state index contributed by atoms with van der Waals surface area (Å²) in [6.07, 6.45) is 1.25. The van der Waals surface area contributed by atoms with E-state index in [2.05, 4.69) is 4.98 Å². The maximum Gasteiger partial charge on any atom is 0.305 e. The Hall–Kier alpha value is -0.700. The van der Waals surface area contributed by atoms with Gasteiger partial charge in [0, 0.05) is 24.7 Å². The van der Waals surface area contributed by atoms with E-state index in [1.807, 2.05) is 0 Å². The van der Waals surface area contributed by atoms with Gasteiger partial charge in [-0.05, 0) is 25.7 Å². The SMILES string of the molecule is Cc1[nH]c(=O)sc1S(=O)(=O)N1CC2CCC(O)C2C1. The largest absolute Gasteiger partial charge is 0.393 e. The highest BCUT2D eigenvalue weighted by molar-refractivity contribution is 7.91. The van der Waals surface area contributed by atoms with Crippen molar-refractivity contribution in [1.29, 1.82) is 0 Å². The topological polar surface area (TPSA) is 90.5 Å². The van der Waals surface area contributed by atoms with E-state index in [9.17, 15) is 18.3 Å². The number of fused-ring (bicyclic) bond motifs is 1. The van der Waals surface area contributed by atoms with Crippen LogP contribution in [0.1, 0.15) is 18.5 Å². The minimum Gasteiger partial charge on any atom is -0.393 e. The van der Waals surface area contributed by atoms with Crippen molar-refractivity contribution < 1.29 is 13.5 Å². The highest BCUT2D eigenvalue weighted by Crippen LogP contribution is 2.40. The lowest BCUT2D eigenvalue weighted by molar-refractivity contribution is 0.129. The standard InChI is InChI=1S/C11H16N2O4S2/c1-6-10(18-11(15)12-6)19(16,17)13-4-7-2-3-9(14)8(7)5-13/h7-9,14H,2-5H2,1H3,(H,12,15). The lowest BCUT2D eigenvalue weighted by Gasteiger charge is -2.17. The van der Waals surface area contributed by atoms with Crippen LogP contribution >= 0.6 is 11.3 Å². The van der Waals surface area contributed by atoms with E-state index in [0.29, 0.717) is 18.8 Å². The Labute approximate surface area is 115 Å². The first-order valence-electron chi connectivity index (χ1n) is 6.27. The summed E-state index contributed by atoms with van der Waals surface area (Å²) in [5.41, 5.74) is 0.396. The number of rotatable bonds is 2. The van der Waals surface area contributed by atoms with Crippen molar-refractivity contribution in [2.45, 2.75) is 30.1 Å². The maximum absolute atomic E-state index is 12.5. The Morgan fingerprint density at radius 3 is 2.68 bits per heavy atom. The van der Waals surface area contributed by atoms with E-state index in [1.54, 1.807) is 6.92 Å². The van der Waals surface area contributed by atoms with Crippen LogP contribution in [0.3, 0.4) is 0 Å². The molecule has 0 bridgehead atoms. The Morgan fingerprint density at radius 1 is 1.37 bits per heavy atom. The lowest BCUT2D eigenvalue weighted by Crippen LogP contribution is -2.31. The van der Waals surface area contributed by atoms with Crippen LogP contribution in [0, 0.1) is 18.8 Å². The van der Waals surface area contributed by atoms with Crippen LogP contribution < -0.4 is 4.87 Å². The first kappa shape index (κ1) is 13.3. The summed E-state index contributed by atoms with van der Waals surface area (Å²) in [5, 5.41) is 9.84. The van der Waals surface area contributed by atoms with Crippen molar-refractivity contribution in [2.24, 2.45) is 11.8 Å². The molecular formula is C11H16N2O4S2. The molecule has 0 aromatic carbocycles. The summed E-state index contributed by atoms with van der Waals surface area (Å²) in [6.45, 7) is 2.41. The quantitative estimate of drug-likeness (QED) is 0.813. The molecule has 2 fully saturated rings. The van der Waals surface area contributed by atoms with Crippen LogP contribution in [0.25, 0.3) is 0 Å². The van der Waals surface area contributed by atoms with Crippen molar-refractivity contribution in [3.05, 3.63) is 15.4 Å². The molecular weight excluding hydrogens is 288 g/mol. The number of aliphatic hydroxyl groups excluding tert-OH is 1. The van der Waals surface area contributed by atoms with Gasteiger partial charge < -0.3 is 10.1 Å². The van der Waals surface area contributed by atoms with Gasteiger partial charge in [0.2, 0.25) is 0 Å². The molecule has 2 heterocycles. The predicted molar refractivity (Wildman–Crippen MR) is 70.7 cm³/mol. The number of hydrogen-bond acceptors (Lipinski definition) is 5. The second-order valence-corrected chi connectivity index (χ2v) is 8.43. The van der Waals surface area contributed by atoms with Crippen molar-refractivity contribution in [1.82, 2.24) is 9.29 Å². The average Bonchev–Trinajstić information content (AvgIpc) is 2.96. The third-order valence-corrected chi connectivity index (χ3v) is 7.55. The van der Waals surface area contributed by atoms with E-state index in [0.717, 1.165) is 24.2 Å². The van der Waals surface area contributed by atoms with E-state index in [1.165, 1.54) is 4.31 Å². The summed E-state index contributed by atoms with van der Waals surface area (Å²) in [6, 6.07) is 0. The zero-order chi connectivity index (χ0) is 13.8. The molecule has 1 aliphatic carbocycles. The van der Waals surface area contributed by atoms with Crippen LogP contribution in [0.15, 0.2) is 9.00 Å².